The van der Waals surface area contributed by atoms with E-state index in [1.54, 1.807) is 12.1 Å². The maximum atomic E-state index is 13.8. The zero-order chi connectivity index (χ0) is 17.7. The highest BCUT2D eigenvalue weighted by Gasteiger charge is 2.27. The fourth-order valence-corrected chi connectivity index (χ4v) is 2.21. The molecule has 1 amide bonds. The van der Waals surface area contributed by atoms with Crippen LogP contribution in [0, 0.1) is 5.82 Å². The van der Waals surface area contributed by atoms with E-state index in [0.717, 1.165) is 6.07 Å². The summed E-state index contributed by atoms with van der Waals surface area (Å²) in [4.78, 5) is 23.5. The third-order valence-corrected chi connectivity index (χ3v) is 3.48. The molecule has 2 atom stereocenters. The molecule has 0 spiro atoms. The Bertz CT molecular complexity index is 734. The molecule has 0 aromatic heterocycles. The van der Waals surface area contributed by atoms with Gasteiger partial charge >= 0.3 is 5.97 Å². The summed E-state index contributed by atoms with van der Waals surface area (Å²) in [5, 5.41) is 20.7. The molecule has 2 aromatic carbocycles. The smallest absolute Gasteiger partial charge is 0.331 e. The van der Waals surface area contributed by atoms with Crippen molar-refractivity contribution in [2.75, 3.05) is 0 Å². The van der Waals surface area contributed by atoms with Gasteiger partial charge in [-0.2, -0.15) is 0 Å². The van der Waals surface area contributed by atoms with Crippen molar-refractivity contribution in [2.45, 2.75) is 18.5 Å². The average Bonchev–Trinajstić information content (AvgIpc) is 2.55. The number of carboxylic acid groups (broad SMARTS) is 1. The molecule has 0 aliphatic heterocycles. The van der Waals surface area contributed by atoms with E-state index in [1.165, 1.54) is 30.3 Å². The van der Waals surface area contributed by atoms with Crippen LogP contribution in [0.2, 0.25) is 0 Å². The van der Waals surface area contributed by atoms with E-state index >= 15 is 0 Å². The van der Waals surface area contributed by atoms with E-state index in [4.69, 9.17) is 5.73 Å². The standard InChI is InChI=1S/C17H17FN2O4/c18-13-4-2-1-3-12(13)15(17(23)24)20-16(22)14(19)9-10-5-7-11(21)8-6-10/h1-8,14-15,21H,9,19H2,(H,20,22)(H,23,24)/t14-,15+/m0/s1. The Hall–Kier alpha value is -2.93. The average molecular weight is 332 g/mol. The number of rotatable bonds is 6. The molecule has 7 heteroatoms. The molecule has 0 fully saturated rings. The van der Waals surface area contributed by atoms with Crippen LogP contribution in [0.15, 0.2) is 48.5 Å². The summed E-state index contributed by atoms with van der Waals surface area (Å²) in [7, 11) is 0. The Morgan fingerprint density at radius 3 is 2.33 bits per heavy atom. The van der Waals surface area contributed by atoms with Gasteiger partial charge in [0.15, 0.2) is 6.04 Å². The molecule has 0 radical (unpaired) electrons. The van der Waals surface area contributed by atoms with Crippen molar-refractivity contribution in [1.29, 1.82) is 0 Å². The molecule has 2 rings (SSSR count). The van der Waals surface area contributed by atoms with Gasteiger partial charge in [-0.25, -0.2) is 9.18 Å². The first-order valence-electron chi connectivity index (χ1n) is 7.19. The largest absolute Gasteiger partial charge is 0.508 e. The maximum absolute atomic E-state index is 13.8. The number of amides is 1. The van der Waals surface area contributed by atoms with Crippen molar-refractivity contribution in [3.05, 3.63) is 65.5 Å². The summed E-state index contributed by atoms with van der Waals surface area (Å²) in [6.45, 7) is 0. The van der Waals surface area contributed by atoms with Gasteiger partial charge < -0.3 is 21.3 Å². The summed E-state index contributed by atoms with van der Waals surface area (Å²) in [5.74, 6) is -2.73. The molecule has 0 bridgehead atoms. The van der Waals surface area contributed by atoms with Crippen LogP contribution in [0.1, 0.15) is 17.2 Å². The van der Waals surface area contributed by atoms with E-state index < -0.39 is 29.8 Å². The Morgan fingerprint density at radius 1 is 1.12 bits per heavy atom. The highest BCUT2D eigenvalue weighted by Crippen LogP contribution is 2.17. The van der Waals surface area contributed by atoms with Crippen molar-refractivity contribution in [1.82, 2.24) is 5.32 Å². The molecule has 0 saturated carbocycles. The fraction of sp³-hybridized carbons (Fsp3) is 0.176. The predicted octanol–water partition coefficient (Wildman–Crippen LogP) is 1.34. The monoisotopic (exact) mass is 332 g/mol. The molecule has 24 heavy (non-hydrogen) atoms. The van der Waals surface area contributed by atoms with Crippen LogP contribution in [-0.2, 0) is 16.0 Å². The van der Waals surface area contributed by atoms with Crippen molar-refractivity contribution in [3.63, 3.8) is 0 Å². The van der Waals surface area contributed by atoms with Gasteiger partial charge in [-0.15, -0.1) is 0 Å². The van der Waals surface area contributed by atoms with Gasteiger partial charge in [0.1, 0.15) is 11.6 Å². The van der Waals surface area contributed by atoms with Crippen molar-refractivity contribution in [3.8, 4) is 5.75 Å². The molecule has 5 N–H and O–H groups in total. The van der Waals surface area contributed by atoms with Crippen LogP contribution in [0.25, 0.3) is 0 Å². The lowest BCUT2D eigenvalue weighted by Crippen LogP contribution is -2.45. The molecular weight excluding hydrogens is 315 g/mol. The van der Waals surface area contributed by atoms with Gasteiger partial charge in [0, 0.05) is 5.56 Å². The molecule has 2 aromatic rings. The molecule has 0 aliphatic rings. The highest BCUT2D eigenvalue weighted by molar-refractivity contribution is 5.87. The number of nitrogens with one attached hydrogen (secondary N) is 1. The van der Waals surface area contributed by atoms with E-state index in [-0.39, 0.29) is 17.7 Å². The Balaban J connectivity index is 2.09. The van der Waals surface area contributed by atoms with Crippen molar-refractivity contribution < 1.29 is 24.2 Å². The van der Waals surface area contributed by atoms with Gasteiger partial charge in [0.2, 0.25) is 5.91 Å². The number of carbonyl (C=O) groups excluding carboxylic acids is 1. The first-order chi connectivity index (χ1) is 11.4. The molecule has 0 aliphatic carbocycles. The highest BCUT2D eigenvalue weighted by atomic mass is 19.1. The molecule has 0 heterocycles. The van der Waals surface area contributed by atoms with Crippen molar-refractivity contribution >= 4 is 11.9 Å². The second-order valence-corrected chi connectivity index (χ2v) is 5.28. The minimum atomic E-state index is -1.52. The minimum Gasteiger partial charge on any atom is -0.508 e. The second-order valence-electron chi connectivity index (χ2n) is 5.28. The Kier molecular flexibility index (Phi) is 5.49. The van der Waals surface area contributed by atoms with Gasteiger partial charge in [-0.05, 0) is 30.2 Å². The first-order valence-corrected chi connectivity index (χ1v) is 7.19. The Labute approximate surface area is 137 Å². The lowest BCUT2D eigenvalue weighted by atomic mass is 10.0. The minimum absolute atomic E-state index is 0.0854. The predicted molar refractivity (Wildman–Crippen MR) is 84.7 cm³/mol. The van der Waals surface area contributed by atoms with Gasteiger partial charge in [-0.1, -0.05) is 30.3 Å². The second kappa shape index (κ2) is 7.56. The number of benzene rings is 2. The quantitative estimate of drug-likeness (QED) is 0.638. The third-order valence-electron chi connectivity index (χ3n) is 3.48. The van der Waals surface area contributed by atoms with Crippen molar-refractivity contribution in [2.24, 2.45) is 5.73 Å². The lowest BCUT2D eigenvalue weighted by molar-refractivity contribution is -0.142. The van der Waals surface area contributed by atoms with Crippen LogP contribution < -0.4 is 11.1 Å². The number of phenolic OH excluding ortho intramolecular Hbond substituents is 1. The van der Waals surface area contributed by atoms with E-state index in [1.807, 2.05) is 0 Å². The van der Waals surface area contributed by atoms with Crippen LogP contribution in [0.5, 0.6) is 5.75 Å². The Morgan fingerprint density at radius 2 is 1.75 bits per heavy atom. The van der Waals surface area contributed by atoms with E-state index in [9.17, 15) is 24.2 Å². The molecular formula is C17H17FN2O4. The summed E-state index contributed by atoms with van der Waals surface area (Å²) < 4.78 is 13.8. The zero-order valence-corrected chi connectivity index (χ0v) is 12.6. The van der Waals surface area contributed by atoms with Crippen LogP contribution >= 0.6 is 0 Å². The SMILES string of the molecule is N[C@@H](Cc1ccc(O)cc1)C(=O)N[C@@H](C(=O)O)c1ccccc1F. The normalized spacial score (nSPS) is 13.1. The number of halogens is 1. The number of hydrogen-bond donors (Lipinski definition) is 4. The maximum Gasteiger partial charge on any atom is 0.331 e. The number of carboxylic acids is 1. The summed E-state index contributed by atoms with van der Waals surface area (Å²) in [6.07, 6.45) is 0.149. The van der Waals surface area contributed by atoms with Gasteiger partial charge in [0.05, 0.1) is 6.04 Å². The van der Waals surface area contributed by atoms with Crippen LogP contribution in [-0.4, -0.2) is 28.1 Å². The number of hydrogen-bond acceptors (Lipinski definition) is 4. The lowest BCUT2D eigenvalue weighted by Gasteiger charge is -2.18. The van der Waals surface area contributed by atoms with Crippen LogP contribution in [0.3, 0.4) is 0 Å². The number of aliphatic carboxylic acids is 1. The number of nitrogens with two attached hydrogens (primary N) is 1. The van der Waals surface area contributed by atoms with Crippen LogP contribution in [0.4, 0.5) is 4.39 Å². The summed E-state index contributed by atoms with van der Waals surface area (Å²) in [5.41, 5.74) is 6.35. The van der Waals surface area contributed by atoms with Gasteiger partial charge in [-0.3, -0.25) is 4.79 Å². The summed E-state index contributed by atoms with van der Waals surface area (Å²) >= 11 is 0. The number of carbonyl (C=O) groups is 2. The number of aromatic hydroxyl groups is 1. The molecule has 126 valence electrons. The fourth-order valence-electron chi connectivity index (χ4n) is 2.21. The topological polar surface area (TPSA) is 113 Å². The number of phenols is 1. The first kappa shape index (κ1) is 17.4. The van der Waals surface area contributed by atoms with E-state index in [2.05, 4.69) is 5.32 Å². The summed E-state index contributed by atoms with van der Waals surface area (Å²) in [6, 6.07) is 8.91. The molecule has 6 nitrogen and oxygen atoms in total. The van der Waals surface area contributed by atoms with E-state index in [0.29, 0.717) is 5.56 Å². The zero-order valence-electron chi connectivity index (χ0n) is 12.6. The van der Waals surface area contributed by atoms with Gasteiger partial charge in [0.25, 0.3) is 0 Å². The molecule has 0 saturated heterocycles. The molecule has 0 unspecified atom stereocenters. The third kappa shape index (κ3) is 4.30.